The molecule has 0 bridgehead atoms. The Morgan fingerprint density at radius 3 is 2.56 bits per heavy atom. The molecule has 0 spiro atoms. The number of halogens is 1. The molecule has 9 heteroatoms. The number of esters is 2. The first-order valence-corrected chi connectivity index (χ1v) is 16.8. The smallest absolute Gasteiger partial charge is 0.305 e. The normalized spacial score (nSPS) is 38.1. The predicted molar refractivity (Wildman–Crippen MR) is 166 cm³/mol. The first-order valence-electron chi connectivity index (χ1n) is 16.8. The van der Waals surface area contributed by atoms with Gasteiger partial charge in [-0.2, -0.15) is 0 Å². The number of carbonyl (C=O) groups excluding carboxylic acids is 3. The van der Waals surface area contributed by atoms with E-state index in [1.165, 1.54) is 26.2 Å². The fourth-order valence-corrected chi connectivity index (χ4v) is 10.6. The molecule has 8 nitrogen and oxygen atoms in total. The SMILES string of the molecule is COC(=O)CC[C@@H](C)C1CCC2C3C(OC(C)=O)C[C@@H]4C[C@H](C)CC[C@]4(C)C3C(n3cc(-c4ccc(F)cc4)nn3)C(=O)[C@@]21C. The standard InChI is InChI=1S/C36H48FN3O5/c1-20-15-16-35(4)24(17-20)18-29(45-22(3)41)31-27-13-12-26(21(2)7-14-30(42)44-6)36(27,5)34(43)33(32(31)35)40-19-28(38-39-40)23-8-10-25(37)11-9-23/h8-11,19-21,24,26-27,29,31-33H,7,12-18H2,1-6H3/t20-,21-,24+,26?,27?,29?,31?,32?,33?,35+,36-/m1/s1. The zero-order chi connectivity index (χ0) is 32.3. The van der Waals surface area contributed by atoms with Crippen LogP contribution >= 0.6 is 0 Å². The Morgan fingerprint density at radius 1 is 1.13 bits per heavy atom. The van der Waals surface area contributed by atoms with Gasteiger partial charge in [-0.05, 0) is 97.8 Å². The number of rotatable bonds is 7. The van der Waals surface area contributed by atoms with Crippen molar-refractivity contribution in [1.82, 2.24) is 15.0 Å². The lowest BCUT2D eigenvalue weighted by molar-refractivity contribution is -0.203. The molecule has 0 saturated heterocycles. The lowest BCUT2D eigenvalue weighted by Gasteiger charge is -2.64. The van der Waals surface area contributed by atoms with Crippen molar-refractivity contribution in [1.29, 1.82) is 0 Å². The lowest BCUT2D eigenvalue weighted by Crippen LogP contribution is -2.65. The molecule has 4 fully saturated rings. The highest BCUT2D eigenvalue weighted by atomic mass is 19.1. The molecule has 4 aliphatic carbocycles. The molecule has 6 unspecified atom stereocenters. The Kier molecular flexibility index (Phi) is 8.44. The van der Waals surface area contributed by atoms with Gasteiger partial charge in [0.05, 0.1) is 13.3 Å². The van der Waals surface area contributed by atoms with Gasteiger partial charge in [-0.25, -0.2) is 9.07 Å². The van der Waals surface area contributed by atoms with Crippen molar-refractivity contribution >= 4 is 17.7 Å². The molecular weight excluding hydrogens is 573 g/mol. The molecule has 244 valence electrons. The van der Waals surface area contributed by atoms with Crippen molar-refractivity contribution in [2.75, 3.05) is 7.11 Å². The van der Waals surface area contributed by atoms with Crippen LogP contribution in [0, 0.1) is 58.1 Å². The second-order valence-electron chi connectivity index (χ2n) is 15.1. The van der Waals surface area contributed by atoms with Gasteiger partial charge in [-0.15, -0.1) is 5.10 Å². The summed E-state index contributed by atoms with van der Waals surface area (Å²) < 4.78 is 26.7. The molecule has 6 rings (SSSR count). The van der Waals surface area contributed by atoms with Crippen molar-refractivity contribution in [3.8, 4) is 11.3 Å². The maximum atomic E-state index is 15.4. The van der Waals surface area contributed by atoms with E-state index in [9.17, 15) is 14.0 Å². The van der Waals surface area contributed by atoms with Crippen LogP contribution in [0.1, 0.15) is 92.0 Å². The summed E-state index contributed by atoms with van der Waals surface area (Å²) in [6, 6.07) is 5.59. The van der Waals surface area contributed by atoms with Gasteiger partial charge < -0.3 is 9.47 Å². The monoisotopic (exact) mass is 621 g/mol. The Labute approximate surface area is 265 Å². The van der Waals surface area contributed by atoms with E-state index in [-0.39, 0.29) is 64.6 Å². The van der Waals surface area contributed by atoms with Gasteiger partial charge in [0.1, 0.15) is 23.7 Å². The van der Waals surface area contributed by atoms with Gasteiger partial charge in [-0.1, -0.05) is 39.3 Å². The van der Waals surface area contributed by atoms with Crippen LogP contribution < -0.4 is 0 Å². The summed E-state index contributed by atoms with van der Waals surface area (Å²) in [5.41, 5.74) is 0.505. The van der Waals surface area contributed by atoms with Crippen LogP contribution in [0.5, 0.6) is 0 Å². The fraction of sp³-hybridized carbons (Fsp3) is 0.694. The second-order valence-corrected chi connectivity index (χ2v) is 15.1. The summed E-state index contributed by atoms with van der Waals surface area (Å²) in [7, 11) is 1.41. The summed E-state index contributed by atoms with van der Waals surface area (Å²) in [6.07, 6.45) is 8.28. The van der Waals surface area contributed by atoms with Gasteiger partial charge in [0.2, 0.25) is 0 Å². The number of carbonyl (C=O) groups is 3. The molecule has 4 aliphatic rings. The van der Waals surface area contributed by atoms with Gasteiger partial charge in [-0.3, -0.25) is 14.4 Å². The number of fused-ring (bicyclic) bond motifs is 5. The first kappa shape index (κ1) is 31.9. The number of ether oxygens (including phenoxy) is 2. The molecule has 0 N–H and O–H groups in total. The van der Waals surface area contributed by atoms with E-state index < -0.39 is 11.5 Å². The Balaban J connectivity index is 1.47. The third-order valence-corrected chi connectivity index (χ3v) is 12.8. The average molecular weight is 622 g/mol. The van der Waals surface area contributed by atoms with E-state index in [4.69, 9.17) is 9.47 Å². The molecule has 0 amide bonds. The molecule has 45 heavy (non-hydrogen) atoms. The minimum absolute atomic E-state index is 0.00691. The number of hydrogen-bond acceptors (Lipinski definition) is 7. The second kappa shape index (κ2) is 11.9. The summed E-state index contributed by atoms with van der Waals surface area (Å²) in [4.78, 5) is 40.1. The topological polar surface area (TPSA) is 100 Å². The quantitative estimate of drug-likeness (QED) is 0.312. The van der Waals surface area contributed by atoms with Gasteiger partial charge >= 0.3 is 11.9 Å². The minimum Gasteiger partial charge on any atom is -0.469 e. The van der Waals surface area contributed by atoms with E-state index in [2.05, 4.69) is 38.0 Å². The van der Waals surface area contributed by atoms with Crippen LogP contribution in [0.4, 0.5) is 4.39 Å². The van der Waals surface area contributed by atoms with E-state index in [0.29, 0.717) is 30.4 Å². The molecular formula is C36H48FN3O5. The Morgan fingerprint density at radius 2 is 1.87 bits per heavy atom. The predicted octanol–water partition coefficient (Wildman–Crippen LogP) is 6.84. The van der Waals surface area contributed by atoms with E-state index in [1.807, 2.05) is 6.20 Å². The number of ketones is 1. The van der Waals surface area contributed by atoms with Crippen molar-refractivity contribution in [3.63, 3.8) is 0 Å². The number of benzene rings is 1. The summed E-state index contributed by atoms with van der Waals surface area (Å²) in [5.74, 6) is 0.396. The number of aromatic nitrogens is 3. The van der Waals surface area contributed by atoms with Crippen LogP contribution in [-0.4, -0.2) is 45.9 Å². The molecule has 1 heterocycles. The highest BCUT2D eigenvalue weighted by molar-refractivity contribution is 5.91. The molecule has 1 aromatic carbocycles. The van der Waals surface area contributed by atoms with Gasteiger partial charge in [0.15, 0.2) is 5.78 Å². The lowest BCUT2D eigenvalue weighted by atomic mass is 9.41. The van der Waals surface area contributed by atoms with Crippen molar-refractivity contribution in [2.24, 2.45) is 52.3 Å². The van der Waals surface area contributed by atoms with E-state index in [0.717, 1.165) is 44.1 Å². The molecule has 0 radical (unpaired) electrons. The van der Waals surface area contributed by atoms with Crippen LogP contribution in [0.25, 0.3) is 11.3 Å². The maximum absolute atomic E-state index is 15.4. The minimum atomic E-state index is -0.688. The van der Waals surface area contributed by atoms with Gasteiger partial charge in [0.25, 0.3) is 0 Å². The number of Topliss-reactive ketones (excluding diaryl/α,β-unsaturated/α-hetero) is 1. The van der Waals surface area contributed by atoms with E-state index in [1.54, 1.807) is 16.8 Å². The Hall–Kier alpha value is -3.10. The number of nitrogens with zero attached hydrogens (tertiary/aromatic N) is 3. The maximum Gasteiger partial charge on any atom is 0.305 e. The highest BCUT2D eigenvalue weighted by Crippen LogP contribution is 2.70. The zero-order valence-corrected chi connectivity index (χ0v) is 27.5. The molecule has 11 atom stereocenters. The third kappa shape index (κ3) is 5.32. The molecule has 1 aromatic heterocycles. The first-order chi connectivity index (χ1) is 21.4. The van der Waals surface area contributed by atoms with Crippen LogP contribution in [0.3, 0.4) is 0 Å². The average Bonchev–Trinajstić information content (AvgIpc) is 3.63. The van der Waals surface area contributed by atoms with Crippen LogP contribution in [0.2, 0.25) is 0 Å². The van der Waals surface area contributed by atoms with Gasteiger partial charge in [0, 0.05) is 36.2 Å². The van der Waals surface area contributed by atoms with Crippen molar-refractivity contribution in [3.05, 3.63) is 36.3 Å². The molecule has 0 aliphatic heterocycles. The molecule has 2 aromatic rings. The summed E-state index contributed by atoms with van der Waals surface area (Å²) >= 11 is 0. The van der Waals surface area contributed by atoms with Crippen molar-refractivity contribution < 1.29 is 28.2 Å². The number of methoxy groups -OCH3 is 1. The van der Waals surface area contributed by atoms with Crippen LogP contribution in [0.15, 0.2) is 30.5 Å². The molecule has 4 saturated carbocycles. The van der Waals surface area contributed by atoms with Crippen LogP contribution in [-0.2, 0) is 23.9 Å². The van der Waals surface area contributed by atoms with E-state index >= 15 is 4.79 Å². The highest BCUT2D eigenvalue weighted by Gasteiger charge is 2.70. The third-order valence-electron chi connectivity index (χ3n) is 12.8. The Bertz CT molecular complexity index is 1440. The van der Waals surface area contributed by atoms with Crippen molar-refractivity contribution in [2.45, 2.75) is 98.1 Å². The fourth-order valence-electron chi connectivity index (χ4n) is 10.6. The largest absolute Gasteiger partial charge is 0.469 e. The summed E-state index contributed by atoms with van der Waals surface area (Å²) in [5, 5.41) is 9.11. The summed E-state index contributed by atoms with van der Waals surface area (Å²) in [6.45, 7) is 10.5. The number of hydrogen-bond donors (Lipinski definition) is 0. The zero-order valence-electron chi connectivity index (χ0n) is 27.5.